The Morgan fingerprint density at radius 1 is 0.580 bits per heavy atom. The molecule has 4 aliphatic heterocycles. The zero-order valence-corrected chi connectivity index (χ0v) is 43.4. The van der Waals surface area contributed by atoms with E-state index >= 15 is 0 Å². The molecule has 4 heterocycles. The first-order valence-electron chi connectivity index (χ1n) is 25.7. The molecule has 2 fully saturated rings. The third kappa shape index (κ3) is 16.0. The number of aliphatic carboxylic acids is 2. The second-order valence-electron chi connectivity index (χ2n) is 21.3. The number of fused-ring (bicyclic) bond motifs is 6. The van der Waals surface area contributed by atoms with Crippen LogP contribution in [0.5, 0.6) is 23.0 Å². The Kier molecular flexibility index (Phi) is 21.3. The Morgan fingerprint density at radius 3 is 1.41 bits per heavy atom. The molecular weight excluding hydrogens is 881 g/mol. The molecule has 0 unspecified atom stereocenters. The van der Waals surface area contributed by atoms with E-state index in [0.717, 1.165) is 94.1 Å². The fraction of sp³-hybridized carbons (Fsp3) is 0.709. The van der Waals surface area contributed by atoms with Crippen molar-refractivity contribution in [3.05, 3.63) is 46.5 Å². The molecule has 2 aromatic rings. The number of ether oxygens (including phenoxy) is 6. The number of carbonyl (C=O) groups excluding carboxylic acids is 2. The summed E-state index contributed by atoms with van der Waals surface area (Å²) in [5, 5.41) is 18.0. The Balaban J connectivity index is 0.000000260. The fourth-order valence-corrected chi connectivity index (χ4v) is 11.6. The Bertz CT molecular complexity index is 2000. The largest absolute Gasteiger partial charge is 0.493 e. The zero-order valence-electron chi connectivity index (χ0n) is 43.4. The Labute approximate surface area is 412 Å². The summed E-state index contributed by atoms with van der Waals surface area (Å²) in [5.74, 6) is 3.93. The molecular formula is C55H84N2O12. The van der Waals surface area contributed by atoms with Crippen LogP contribution in [0.3, 0.4) is 0 Å². The number of methoxy groups -OCH3 is 4. The van der Waals surface area contributed by atoms with Crippen molar-refractivity contribution in [2.45, 2.75) is 137 Å². The van der Waals surface area contributed by atoms with Crippen LogP contribution in [0.25, 0.3) is 0 Å². The SMILES string of the molecule is COc1cc2c(cc1OC)[C@H]1C[C@@H](COC(=O)CCCC(=O)O)[C@H](CC(C)C)CN1CC2.COc1cc2c(cc1OC)[C@H]1C[C@@H](COC(=O)CC[C@H](CC(=O)O)CC(C)C)[C@H](CC(C)C)CN1CC2. The van der Waals surface area contributed by atoms with Gasteiger partial charge in [-0.1, -0.05) is 41.5 Å². The van der Waals surface area contributed by atoms with Crippen molar-refractivity contribution in [3.8, 4) is 23.0 Å². The molecule has 0 aromatic heterocycles. The number of benzene rings is 2. The summed E-state index contributed by atoms with van der Waals surface area (Å²) >= 11 is 0. The smallest absolute Gasteiger partial charge is 0.305 e. The summed E-state index contributed by atoms with van der Waals surface area (Å²) in [6, 6.07) is 9.02. The van der Waals surface area contributed by atoms with Crippen molar-refractivity contribution >= 4 is 23.9 Å². The van der Waals surface area contributed by atoms with Crippen LogP contribution in [0, 0.1) is 47.3 Å². The normalized spacial score (nSPS) is 22.5. The first-order chi connectivity index (χ1) is 32.9. The highest BCUT2D eigenvalue weighted by molar-refractivity contribution is 5.71. The van der Waals surface area contributed by atoms with E-state index in [9.17, 15) is 24.3 Å². The second-order valence-corrected chi connectivity index (χ2v) is 21.3. The third-order valence-corrected chi connectivity index (χ3v) is 14.8. The molecule has 0 bridgehead atoms. The lowest BCUT2D eigenvalue weighted by Crippen LogP contribution is -2.47. The summed E-state index contributed by atoms with van der Waals surface area (Å²) in [6.45, 7) is 18.0. The molecule has 7 atom stereocenters. The second kappa shape index (κ2) is 26.6. The minimum absolute atomic E-state index is 0.00633. The van der Waals surface area contributed by atoms with Crippen LogP contribution in [0.1, 0.15) is 147 Å². The van der Waals surface area contributed by atoms with Crippen molar-refractivity contribution in [2.24, 2.45) is 47.3 Å². The zero-order chi connectivity index (χ0) is 50.4. The van der Waals surface area contributed by atoms with Crippen LogP contribution in [0.2, 0.25) is 0 Å². The Morgan fingerprint density at radius 2 is 1.01 bits per heavy atom. The molecule has 2 saturated heterocycles. The van der Waals surface area contributed by atoms with Gasteiger partial charge in [0.15, 0.2) is 23.0 Å². The van der Waals surface area contributed by atoms with Gasteiger partial charge < -0.3 is 38.6 Å². The molecule has 14 heteroatoms. The van der Waals surface area contributed by atoms with Crippen LogP contribution < -0.4 is 18.9 Å². The van der Waals surface area contributed by atoms with Gasteiger partial charge in [-0.05, 0) is 152 Å². The van der Waals surface area contributed by atoms with Gasteiger partial charge in [0, 0.05) is 63.9 Å². The maximum atomic E-state index is 12.7. The number of carboxylic acids is 2. The van der Waals surface area contributed by atoms with Gasteiger partial charge in [0.2, 0.25) is 0 Å². The molecule has 4 aliphatic rings. The summed E-state index contributed by atoms with van der Waals surface area (Å²) in [4.78, 5) is 52.0. The van der Waals surface area contributed by atoms with Crippen LogP contribution in [0.4, 0.5) is 0 Å². The van der Waals surface area contributed by atoms with Crippen molar-refractivity contribution in [3.63, 3.8) is 0 Å². The van der Waals surface area contributed by atoms with Crippen molar-refractivity contribution in [1.29, 1.82) is 0 Å². The molecule has 386 valence electrons. The van der Waals surface area contributed by atoms with Gasteiger partial charge in [0.25, 0.3) is 0 Å². The average molecular weight is 965 g/mol. The first-order valence-corrected chi connectivity index (χ1v) is 25.7. The Hall–Kier alpha value is -4.56. The lowest BCUT2D eigenvalue weighted by atomic mass is 9.74. The van der Waals surface area contributed by atoms with Crippen LogP contribution in [-0.4, -0.2) is 112 Å². The highest BCUT2D eigenvalue weighted by Gasteiger charge is 2.42. The van der Waals surface area contributed by atoms with E-state index in [4.69, 9.17) is 33.5 Å². The van der Waals surface area contributed by atoms with Crippen LogP contribution >= 0.6 is 0 Å². The van der Waals surface area contributed by atoms with Gasteiger partial charge in [0.05, 0.1) is 41.7 Å². The third-order valence-electron chi connectivity index (χ3n) is 14.8. The molecule has 0 amide bonds. The van der Waals surface area contributed by atoms with Gasteiger partial charge in [-0.3, -0.25) is 29.0 Å². The number of piperidine rings is 2. The number of carbonyl (C=O) groups is 4. The van der Waals surface area contributed by atoms with Crippen LogP contribution in [0.15, 0.2) is 24.3 Å². The van der Waals surface area contributed by atoms with Gasteiger partial charge in [-0.25, -0.2) is 0 Å². The number of esters is 2. The predicted molar refractivity (Wildman–Crippen MR) is 265 cm³/mol. The maximum absolute atomic E-state index is 12.7. The number of hydrogen-bond donors (Lipinski definition) is 2. The molecule has 0 radical (unpaired) electrons. The lowest BCUT2D eigenvalue weighted by Gasteiger charge is -2.47. The van der Waals surface area contributed by atoms with E-state index in [2.05, 4.69) is 75.6 Å². The van der Waals surface area contributed by atoms with Gasteiger partial charge in [-0.2, -0.15) is 0 Å². The van der Waals surface area contributed by atoms with E-state index in [-0.39, 0.29) is 67.5 Å². The van der Waals surface area contributed by atoms with Crippen LogP contribution in [-0.2, 0) is 41.5 Å². The van der Waals surface area contributed by atoms with E-state index in [0.29, 0.717) is 55.6 Å². The highest BCUT2D eigenvalue weighted by Crippen LogP contribution is 2.47. The van der Waals surface area contributed by atoms with E-state index < -0.39 is 11.9 Å². The standard InChI is InChI=1S/C30H47NO6.C25H37NO6/c1-19(2)11-21(13-29(32)33)7-8-30(34)37-18-24-14-26-25-16-28(36-6)27(35-5)15-22(25)9-10-31(26)17-23(24)12-20(3)4;1-16(2)10-18-14-26-9-8-17-12-22(30-3)23(31-4)13-20(17)21(26)11-19(18)15-32-25(29)7-5-6-24(27)28/h15-16,19-21,23-24,26H,7-14,17-18H2,1-6H3,(H,32,33);12-13,16,18-19,21H,5-11,14-15H2,1-4H3,(H,27,28)/t21-,23+,24-,26+;18-,19+,21-/m01/s1. The minimum atomic E-state index is -0.884. The number of nitrogens with zero attached hydrogens (tertiary/aromatic N) is 2. The van der Waals surface area contributed by atoms with Crippen molar-refractivity contribution < 1.29 is 57.8 Å². The highest BCUT2D eigenvalue weighted by atomic mass is 16.5. The molecule has 0 aliphatic carbocycles. The van der Waals surface area contributed by atoms with Crippen molar-refractivity contribution in [2.75, 3.05) is 67.8 Å². The summed E-state index contributed by atoms with van der Waals surface area (Å²) < 4.78 is 33.7. The molecule has 0 spiro atoms. The minimum Gasteiger partial charge on any atom is -0.493 e. The quantitative estimate of drug-likeness (QED) is 0.101. The monoisotopic (exact) mass is 965 g/mol. The molecule has 2 N–H and O–H groups in total. The van der Waals surface area contributed by atoms with Gasteiger partial charge >= 0.3 is 23.9 Å². The van der Waals surface area contributed by atoms with Gasteiger partial charge in [-0.15, -0.1) is 0 Å². The molecule has 6 rings (SSSR count). The van der Waals surface area contributed by atoms with E-state index in [1.165, 1.54) is 22.3 Å². The molecule has 2 aromatic carbocycles. The number of rotatable bonds is 23. The lowest BCUT2D eigenvalue weighted by molar-refractivity contribution is -0.148. The molecule has 14 nitrogen and oxygen atoms in total. The first kappa shape index (κ1) is 55.4. The van der Waals surface area contributed by atoms with Crippen molar-refractivity contribution in [1.82, 2.24) is 9.80 Å². The number of hydrogen-bond acceptors (Lipinski definition) is 12. The van der Waals surface area contributed by atoms with E-state index in [1.807, 2.05) is 0 Å². The average Bonchev–Trinajstić information content (AvgIpc) is 3.30. The summed E-state index contributed by atoms with van der Waals surface area (Å²) in [6.07, 6.45) is 8.30. The topological polar surface area (TPSA) is 171 Å². The molecule has 0 saturated carbocycles. The number of carboxylic acid groups (broad SMARTS) is 2. The molecule has 69 heavy (non-hydrogen) atoms. The summed E-state index contributed by atoms with van der Waals surface area (Å²) in [7, 11) is 6.68. The summed E-state index contributed by atoms with van der Waals surface area (Å²) in [5.41, 5.74) is 5.20. The van der Waals surface area contributed by atoms with E-state index in [1.54, 1.807) is 28.4 Å². The maximum Gasteiger partial charge on any atom is 0.305 e. The van der Waals surface area contributed by atoms with Gasteiger partial charge in [0.1, 0.15) is 0 Å². The predicted octanol–water partition coefficient (Wildman–Crippen LogP) is 9.83. The fourth-order valence-electron chi connectivity index (χ4n) is 11.6.